The van der Waals surface area contributed by atoms with Crippen molar-refractivity contribution >= 4 is 40.9 Å². The van der Waals surface area contributed by atoms with E-state index in [0.717, 1.165) is 32.5 Å². The van der Waals surface area contributed by atoms with Gasteiger partial charge in [0.25, 0.3) is 0 Å². The molecule has 8 nitrogen and oxygen atoms in total. The minimum absolute atomic E-state index is 0.0361. The molecule has 3 aromatic rings. The second-order valence-electron chi connectivity index (χ2n) is 10.5. The summed E-state index contributed by atoms with van der Waals surface area (Å²) in [4.78, 5) is 55.9. The number of carboxylic acids is 1. The predicted octanol–water partition coefficient (Wildman–Crippen LogP) is 4.18. The molecule has 1 saturated heterocycles. The number of H-pyrrole nitrogens is 1. The van der Waals surface area contributed by atoms with Gasteiger partial charge in [0.1, 0.15) is 17.5 Å². The number of hydrogen-bond donors (Lipinski definition) is 2. The van der Waals surface area contributed by atoms with Crippen molar-refractivity contribution in [2.24, 2.45) is 29.6 Å². The quantitative estimate of drug-likeness (QED) is 0.460. The third-order valence-electron chi connectivity index (χ3n) is 8.70. The van der Waals surface area contributed by atoms with Gasteiger partial charge in [0.05, 0.1) is 16.9 Å². The number of aliphatic carboxylic acids is 1. The molecule has 2 saturated carbocycles. The van der Waals surface area contributed by atoms with E-state index < -0.39 is 23.8 Å². The van der Waals surface area contributed by atoms with Crippen LogP contribution in [0, 0.1) is 29.6 Å². The van der Waals surface area contributed by atoms with Crippen molar-refractivity contribution in [3.05, 3.63) is 74.7 Å². The largest absolute Gasteiger partial charge is 0.480 e. The molecule has 3 fully saturated rings. The summed E-state index contributed by atoms with van der Waals surface area (Å²) in [6.07, 6.45) is 0.750. The first-order chi connectivity index (χ1) is 18.3. The molecular formula is C28H24N2O6S2. The zero-order valence-corrected chi connectivity index (χ0v) is 21.9. The second-order valence-corrected chi connectivity index (χ2v) is 12.7. The van der Waals surface area contributed by atoms with E-state index in [1.54, 1.807) is 11.8 Å². The number of rotatable bonds is 5. The highest BCUT2D eigenvalue weighted by Crippen LogP contribution is 2.68. The van der Waals surface area contributed by atoms with E-state index in [0.29, 0.717) is 5.75 Å². The minimum Gasteiger partial charge on any atom is -0.480 e. The molecule has 194 valence electrons. The van der Waals surface area contributed by atoms with E-state index in [4.69, 9.17) is 4.74 Å². The molecule has 2 aliphatic carbocycles. The van der Waals surface area contributed by atoms with Crippen LogP contribution in [0.5, 0.6) is 11.5 Å². The fourth-order valence-electron chi connectivity index (χ4n) is 7.30. The van der Waals surface area contributed by atoms with Crippen molar-refractivity contribution < 1.29 is 24.2 Å². The smallest absolute Gasteiger partial charge is 0.326 e. The van der Waals surface area contributed by atoms with Gasteiger partial charge in [-0.15, -0.1) is 11.8 Å². The monoisotopic (exact) mass is 548 g/mol. The Morgan fingerprint density at radius 2 is 1.74 bits per heavy atom. The Hall–Kier alpha value is -3.37. The number of thiazole rings is 1. The number of ether oxygens (including phenoxy) is 1. The first-order valence-electron chi connectivity index (χ1n) is 12.7. The van der Waals surface area contributed by atoms with E-state index >= 15 is 0 Å². The highest BCUT2D eigenvalue weighted by atomic mass is 32.2. The maximum atomic E-state index is 13.5. The Balaban J connectivity index is 1.29. The number of aromatic nitrogens is 1. The first kappa shape index (κ1) is 23.7. The maximum absolute atomic E-state index is 13.5. The Labute approximate surface area is 226 Å². The van der Waals surface area contributed by atoms with E-state index in [2.05, 4.69) is 4.98 Å². The third kappa shape index (κ3) is 3.36. The van der Waals surface area contributed by atoms with Gasteiger partial charge in [-0.2, -0.15) is 0 Å². The molecule has 38 heavy (non-hydrogen) atoms. The Morgan fingerprint density at radius 3 is 2.47 bits per heavy atom. The molecule has 2 amide bonds. The lowest BCUT2D eigenvalue weighted by Crippen LogP contribution is -2.44. The van der Waals surface area contributed by atoms with Gasteiger partial charge < -0.3 is 14.8 Å². The van der Waals surface area contributed by atoms with Crippen LogP contribution in [0.1, 0.15) is 29.7 Å². The SMILES string of the molecule is CC(C(=O)O)N1C(=O)C2C3CC(C2C1=O)C1C3Sc2[nH]c(=O)sc2[C@@H]1c1cccc(Oc2ccccc2)c1. The maximum Gasteiger partial charge on any atom is 0.326 e. The average molecular weight is 549 g/mol. The minimum atomic E-state index is -1.18. The summed E-state index contributed by atoms with van der Waals surface area (Å²) in [7, 11) is 0. The molecular weight excluding hydrogens is 524 g/mol. The third-order valence-corrected chi connectivity index (χ3v) is 11.3. The highest BCUT2D eigenvalue weighted by Gasteiger charge is 2.70. The number of nitrogens with one attached hydrogen (secondary N) is 1. The summed E-state index contributed by atoms with van der Waals surface area (Å²) in [5.41, 5.74) is 1.00. The van der Waals surface area contributed by atoms with Crippen molar-refractivity contribution in [3.8, 4) is 11.5 Å². The van der Waals surface area contributed by atoms with Crippen LogP contribution in [0.3, 0.4) is 0 Å². The number of hydrogen-bond acceptors (Lipinski definition) is 7. The molecule has 0 radical (unpaired) electrons. The fraction of sp³-hybridized carbons (Fsp3) is 0.357. The molecule has 2 N–H and O–H groups in total. The van der Waals surface area contributed by atoms with Crippen molar-refractivity contribution in [2.45, 2.75) is 35.6 Å². The van der Waals surface area contributed by atoms with Crippen molar-refractivity contribution in [2.75, 3.05) is 0 Å². The Morgan fingerprint density at radius 1 is 1.03 bits per heavy atom. The number of aromatic amines is 1. The van der Waals surface area contributed by atoms with Gasteiger partial charge in [-0.25, -0.2) is 4.79 Å². The second kappa shape index (κ2) is 8.57. The number of carbonyl (C=O) groups is 3. The van der Waals surface area contributed by atoms with E-state index in [9.17, 15) is 24.3 Å². The number of nitrogens with zero attached hydrogens (tertiary/aromatic N) is 1. The number of imide groups is 1. The number of carboxylic acid groups (broad SMARTS) is 1. The Bertz CT molecular complexity index is 1530. The lowest BCUT2D eigenvalue weighted by molar-refractivity contribution is -0.154. The van der Waals surface area contributed by atoms with Gasteiger partial charge in [-0.05, 0) is 60.9 Å². The molecule has 1 aromatic heterocycles. The highest BCUT2D eigenvalue weighted by molar-refractivity contribution is 8.00. The fourth-order valence-corrected chi connectivity index (χ4v) is 10.2. The van der Waals surface area contributed by atoms with Gasteiger partial charge >= 0.3 is 10.8 Å². The first-order valence-corrected chi connectivity index (χ1v) is 14.4. The van der Waals surface area contributed by atoms with Gasteiger partial charge in [0, 0.05) is 16.0 Å². The molecule has 0 spiro atoms. The van der Waals surface area contributed by atoms with Gasteiger partial charge in [0.15, 0.2) is 0 Å². The van der Waals surface area contributed by atoms with Crippen LogP contribution in [0.4, 0.5) is 0 Å². The topological polar surface area (TPSA) is 117 Å². The van der Waals surface area contributed by atoms with E-state index in [-0.39, 0.29) is 45.6 Å². The average Bonchev–Trinajstić information content (AvgIpc) is 3.63. The zero-order valence-electron chi connectivity index (χ0n) is 20.3. The van der Waals surface area contributed by atoms with Crippen LogP contribution < -0.4 is 9.61 Å². The standard InChI is InChI=1S/C28H24N2O6S2/c1-12(27(33)34)30-25(31)20-16-11-17(21(20)26(30)32)22-19(16)18(23-24(37-22)29-28(35)38-23)13-6-5-9-15(10-13)36-14-7-3-2-4-8-14/h2-10,12,16-22H,11H2,1H3,(H,29,35)(H,33,34)/t12?,16?,17?,18-,19?,20?,21?,22?/m1/s1. The van der Waals surface area contributed by atoms with Crippen molar-refractivity contribution in [3.63, 3.8) is 0 Å². The normalized spacial score (nSPS) is 31.6. The molecule has 8 atom stereocenters. The van der Waals surface area contributed by atoms with Crippen LogP contribution in [0.15, 0.2) is 64.4 Å². The zero-order chi connectivity index (χ0) is 26.3. The van der Waals surface area contributed by atoms with Crippen molar-refractivity contribution in [1.29, 1.82) is 0 Å². The number of carbonyl (C=O) groups excluding carboxylic acids is 2. The molecule has 10 heteroatoms. The van der Waals surface area contributed by atoms with Crippen LogP contribution in [-0.4, -0.2) is 44.1 Å². The van der Waals surface area contributed by atoms with Gasteiger partial charge in [-0.3, -0.25) is 19.3 Å². The molecule has 4 aliphatic rings. The van der Waals surface area contributed by atoms with Crippen molar-refractivity contribution in [1.82, 2.24) is 9.88 Å². The van der Waals surface area contributed by atoms with Crippen LogP contribution in [0.25, 0.3) is 0 Å². The molecule has 2 aromatic carbocycles. The summed E-state index contributed by atoms with van der Waals surface area (Å²) >= 11 is 2.81. The number of para-hydroxylation sites is 1. The van der Waals surface area contributed by atoms with Crippen LogP contribution in [-0.2, 0) is 14.4 Å². The number of likely N-dealkylation sites (tertiary alicyclic amines) is 1. The number of thioether (sulfide) groups is 1. The molecule has 7 unspecified atom stereocenters. The molecule has 7 rings (SSSR count). The lowest BCUT2D eigenvalue weighted by Gasteiger charge is -2.43. The summed E-state index contributed by atoms with van der Waals surface area (Å²) in [5, 5.41) is 10.4. The summed E-state index contributed by atoms with van der Waals surface area (Å²) in [6.45, 7) is 1.40. The number of benzene rings is 2. The lowest BCUT2D eigenvalue weighted by atomic mass is 9.68. The summed E-state index contributed by atoms with van der Waals surface area (Å²) < 4.78 is 6.11. The van der Waals surface area contributed by atoms with E-state index in [1.165, 1.54) is 18.3 Å². The molecule has 3 heterocycles. The molecule has 2 aliphatic heterocycles. The summed E-state index contributed by atoms with van der Waals surface area (Å²) in [5.74, 6) is -1.73. The van der Waals surface area contributed by atoms with Gasteiger partial charge in [0.2, 0.25) is 11.8 Å². The number of amides is 2. The summed E-state index contributed by atoms with van der Waals surface area (Å²) in [6, 6.07) is 16.2. The van der Waals surface area contributed by atoms with Crippen LogP contribution in [0.2, 0.25) is 0 Å². The Kier molecular flexibility index (Phi) is 5.35. The van der Waals surface area contributed by atoms with E-state index in [1.807, 2.05) is 54.6 Å². The van der Waals surface area contributed by atoms with Crippen LogP contribution >= 0.6 is 23.1 Å². The molecule has 2 bridgehead atoms. The predicted molar refractivity (Wildman–Crippen MR) is 140 cm³/mol. The van der Waals surface area contributed by atoms with Gasteiger partial charge in [-0.1, -0.05) is 41.7 Å². The number of fused-ring (bicyclic) bond motifs is 9.